The summed E-state index contributed by atoms with van der Waals surface area (Å²) in [5.41, 5.74) is 3.35. The van der Waals surface area contributed by atoms with Gasteiger partial charge in [-0.1, -0.05) is 23.8 Å². The van der Waals surface area contributed by atoms with Gasteiger partial charge in [-0.15, -0.1) is 0 Å². The summed E-state index contributed by atoms with van der Waals surface area (Å²) in [6.45, 7) is 3.38. The Morgan fingerprint density at radius 1 is 1.04 bits per heavy atom. The second-order valence-electron chi connectivity index (χ2n) is 6.55. The number of ether oxygens (including phenoxy) is 1. The first-order valence-electron chi connectivity index (χ1n) is 8.30. The fourth-order valence-corrected chi connectivity index (χ4v) is 3.53. The van der Waals surface area contributed by atoms with Gasteiger partial charge in [0.25, 0.3) is 0 Å². The van der Waals surface area contributed by atoms with E-state index in [2.05, 4.69) is 28.8 Å². The number of nitrogens with zero attached hydrogens (tertiary/aromatic N) is 1. The van der Waals surface area contributed by atoms with Crippen molar-refractivity contribution in [1.82, 2.24) is 4.57 Å². The molecule has 1 aliphatic rings. The van der Waals surface area contributed by atoms with Gasteiger partial charge in [0.15, 0.2) is 0 Å². The van der Waals surface area contributed by atoms with Crippen molar-refractivity contribution in [3.63, 3.8) is 0 Å². The number of rotatable bonds is 2. The maximum atomic E-state index is 12.8. The van der Waals surface area contributed by atoms with E-state index in [4.69, 9.17) is 4.74 Å². The van der Waals surface area contributed by atoms with E-state index >= 15 is 0 Å². The lowest BCUT2D eigenvalue weighted by Gasteiger charge is -2.17. The monoisotopic (exact) mass is 345 g/mol. The van der Waals surface area contributed by atoms with Crippen molar-refractivity contribution < 1.29 is 17.9 Å². The van der Waals surface area contributed by atoms with Crippen LogP contribution in [-0.4, -0.2) is 17.8 Å². The van der Waals surface area contributed by atoms with Crippen LogP contribution in [0.3, 0.4) is 0 Å². The molecule has 1 aromatic heterocycles. The quantitative estimate of drug-likeness (QED) is 0.590. The van der Waals surface area contributed by atoms with E-state index < -0.39 is 11.7 Å². The average molecular weight is 345 g/mol. The van der Waals surface area contributed by atoms with Crippen LogP contribution in [0.2, 0.25) is 0 Å². The van der Waals surface area contributed by atoms with Crippen LogP contribution in [0.4, 0.5) is 13.2 Å². The smallest absolute Gasteiger partial charge is 0.379 e. The van der Waals surface area contributed by atoms with Gasteiger partial charge in [0.2, 0.25) is 0 Å². The SMILES string of the molecule is Cc1ccc2c(c1)cc(-c1ccc(C(F)(F)F)cc1)n2[C@H]1CCOC1. The number of hydrogen-bond donors (Lipinski definition) is 0. The molecule has 1 fully saturated rings. The summed E-state index contributed by atoms with van der Waals surface area (Å²) in [6, 6.07) is 13.9. The highest BCUT2D eigenvalue weighted by molar-refractivity contribution is 5.88. The second kappa shape index (κ2) is 5.92. The van der Waals surface area contributed by atoms with E-state index in [1.165, 1.54) is 0 Å². The number of hydrogen-bond acceptors (Lipinski definition) is 1. The molecule has 4 rings (SSSR count). The summed E-state index contributed by atoms with van der Waals surface area (Å²) < 4.78 is 46.3. The molecule has 1 aliphatic heterocycles. The van der Waals surface area contributed by atoms with E-state index in [0.717, 1.165) is 46.3 Å². The largest absolute Gasteiger partial charge is 0.416 e. The first-order chi connectivity index (χ1) is 11.9. The zero-order valence-electron chi connectivity index (χ0n) is 13.8. The lowest BCUT2D eigenvalue weighted by molar-refractivity contribution is -0.137. The van der Waals surface area contributed by atoms with Crippen molar-refractivity contribution in [3.8, 4) is 11.3 Å². The molecular formula is C20H18F3NO. The minimum absolute atomic E-state index is 0.206. The highest BCUT2D eigenvalue weighted by Crippen LogP contribution is 2.36. The maximum absolute atomic E-state index is 12.8. The molecule has 0 radical (unpaired) electrons. The molecule has 0 amide bonds. The van der Waals surface area contributed by atoms with Crippen molar-refractivity contribution in [2.75, 3.05) is 13.2 Å². The molecule has 130 valence electrons. The third-order valence-electron chi connectivity index (χ3n) is 4.77. The van der Waals surface area contributed by atoms with Crippen molar-refractivity contribution in [1.29, 1.82) is 0 Å². The molecule has 2 aromatic carbocycles. The second-order valence-corrected chi connectivity index (χ2v) is 6.55. The molecule has 2 nitrogen and oxygen atoms in total. The van der Waals surface area contributed by atoms with Gasteiger partial charge in [0.1, 0.15) is 0 Å². The molecule has 3 aromatic rings. The van der Waals surface area contributed by atoms with Crippen LogP contribution >= 0.6 is 0 Å². The first-order valence-corrected chi connectivity index (χ1v) is 8.30. The van der Waals surface area contributed by atoms with Crippen molar-refractivity contribution in [2.24, 2.45) is 0 Å². The summed E-state index contributed by atoms with van der Waals surface area (Å²) >= 11 is 0. The number of halogens is 3. The van der Waals surface area contributed by atoms with Gasteiger partial charge >= 0.3 is 6.18 Å². The van der Waals surface area contributed by atoms with Crippen molar-refractivity contribution in [2.45, 2.75) is 25.6 Å². The Kier molecular flexibility index (Phi) is 3.84. The Bertz CT molecular complexity index is 903. The van der Waals surface area contributed by atoms with Crippen molar-refractivity contribution in [3.05, 3.63) is 59.7 Å². The number of benzene rings is 2. The molecule has 2 heterocycles. The van der Waals surface area contributed by atoms with Gasteiger partial charge in [-0.2, -0.15) is 13.2 Å². The standard InChI is InChI=1S/C20H18F3NO/c1-13-2-7-18-15(10-13)11-19(24(18)17-8-9-25-12-17)14-3-5-16(6-4-14)20(21,22)23/h2-7,10-11,17H,8-9,12H2,1H3/t17-/m0/s1. The number of aryl methyl sites for hydroxylation is 1. The van der Waals surface area contributed by atoms with Crippen LogP contribution in [0.1, 0.15) is 23.6 Å². The molecule has 25 heavy (non-hydrogen) atoms. The van der Waals surface area contributed by atoms with Crippen LogP contribution in [0, 0.1) is 6.92 Å². The van der Waals surface area contributed by atoms with Crippen LogP contribution < -0.4 is 0 Å². The third-order valence-corrected chi connectivity index (χ3v) is 4.77. The van der Waals surface area contributed by atoms with Crippen LogP contribution in [0.5, 0.6) is 0 Å². The molecule has 0 spiro atoms. The Hall–Kier alpha value is -2.27. The molecule has 0 unspecified atom stereocenters. The van der Waals surface area contributed by atoms with Crippen LogP contribution in [0.15, 0.2) is 48.5 Å². The highest BCUT2D eigenvalue weighted by Gasteiger charge is 2.30. The average Bonchev–Trinajstić information content (AvgIpc) is 3.20. The van der Waals surface area contributed by atoms with Gasteiger partial charge in [-0.3, -0.25) is 0 Å². The lowest BCUT2D eigenvalue weighted by atomic mass is 10.1. The minimum atomic E-state index is -4.32. The Morgan fingerprint density at radius 3 is 2.44 bits per heavy atom. The molecular weight excluding hydrogens is 327 g/mol. The Balaban J connectivity index is 1.87. The summed E-state index contributed by atoms with van der Waals surface area (Å²) in [6.07, 6.45) is -3.41. The Labute approximate surface area is 143 Å². The zero-order valence-corrected chi connectivity index (χ0v) is 13.8. The third kappa shape index (κ3) is 2.93. The van der Waals surface area contributed by atoms with Gasteiger partial charge in [0.05, 0.1) is 18.2 Å². The fraction of sp³-hybridized carbons (Fsp3) is 0.300. The number of alkyl halides is 3. The van der Waals surface area contributed by atoms with Crippen LogP contribution in [-0.2, 0) is 10.9 Å². The molecule has 0 saturated carbocycles. The van der Waals surface area contributed by atoms with E-state index in [9.17, 15) is 13.2 Å². The van der Waals surface area contributed by atoms with E-state index in [0.29, 0.717) is 13.2 Å². The molecule has 1 saturated heterocycles. The topological polar surface area (TPSA) is 14.2 Å². The summed E-state index contributed by atoms with van der Waals surface area (Å²) in [4.78, 5) is 0. The number of fused-ring (bicyclic) bond motifs is 1. The highest BCUT2D eigenvalue weighted by atomic mass is 19.4. The van der Waals surface area contributed by atoms with Gasteiger partial charge in [-0.05, 0) is 49.2 Å². The molecule has 5 heteroatoms. The summed E-state index contributed by atoms with van der Waals surface area (Å²) in [7, 11) is 0. The van der Waals surface area contributed by atoms with Crippen LogP contribution in [0.25, 0.3) is 22.2 Å². The van der Waals surface area contributed by atoms with Gasteiger partial charge < -0.3 is 9.30 Å². The first kappa shape index (κ1) is 16.2. The normalized spacial score (nSPS) is 18.2. The van der Waals surface area contributed by atoms with E-state index in [1.54, 1.807) is 12.1 Å². The summed E-state index contributed by atoms with van der Waals surface area (Å²) in [5.74, 6) is 0. The summed E-state index contributed by atoms with van der Waals surface area (Å²) in [5, 5.41) is 1.10. The fourth-order valence-electron chi connectivity index (χ4n) is 3.53. The van der Waals surface area contributed by atoms with Gasteiger partial charge in [0, 0.05) is 23.2 Å². The minimum Gasteiger partial charge on any atom is -0.379 e. The molecule has 0 N–H and O–H groups in total. The predicted molar refractivity (Wildman–Crippen MR) is 91.6 cm³/mol. The van der Waals surface area contributed by atoms with Gasteiger partial charge in [-0.25, -0.2) is 0 Å². The lowest BCUT2D eigenvalue weighted by Crippen LogP contribution is -2.10. The number of aromatic nitrogens is 1. The molecule has 0 aliphatic carbocycles. The molecule has 0 bridgehead atoms. The zero-order chi connectivity index (χ0) is 17.6. The predicted octanol–water partition coefficient (Wildman–Crippen LogP) is 5.60. The van der Waals surface area contributed by atoms with Crippen molar-refractivity contribution >= 4 is 10.9 Å². The van der Waals surface area contributed by atoms with E-state index in [-0.39, 0.29) is 6.04 Å². The maximum Gasteiger partial charge on any atom is 0.416 e. The Morgan fingerprint density at radius 2 is 1.80 bits per heavy atom. The molecule has 1 atom stereocenters. The van der Waals surface area contributed by atoms with E-state index in [1.807, 2.05) is 6.92 Å².